The summed E-state index contributed by atoms with van der Waals surface area (Å²) in [5, 5.41) is 12.2. The van der Waals surface area contributed by atoms with Crippen molar-refractivity contribution < 1.29 is 22.7 Å². The Bertz CT molecular complexity index is 1300. The molecule has 0 aliphatic carbocycles. The van der Waals surface area contributed by atoms with Gasteiger partial charge in [-0.1, -0.05) is 23.7 Å². The van der Waals surface area contributed by atoms with Crippen molar-refractivity contribution in [1.82, 2.24) is 4.72 Å². The predicted molar refractivity (Wildman–Crippen MR) is 129 cm³/mol. The average Bonchev–Trinajstić information content (AvgIpc) is 2.79. The number of hydrogen-bond donors (Lipinski definition) is 2. The number of rotatable bonds is 10. The van der Waals surface area contributed by atoms with E-state index in [2.05, 4.69) is 10.0 Å². The number of nitrogens with zero attached hydrogens (tertiary/aromatic N) is 1. The summed E-state index contributed by atoms with van der Waals surface area (Å²) in [6.45, 7) is 1.89. The molecule has 3 aromatic carbocycles. The molecule has 0 bridgehead atoms. The SMILES string of the molecule is CC(=O)Nc1cccc(OCCCNS(=O)(=O)c2ccc(Oc3cccc(Cl)c3C#N)cc2)c1. The van der Waals surface area contributed by atoms with E-state index in [1.807, 2.05) is 6.07 Å². The number of hydrogen-bond acceptors (Lipinski definition) is 6. The number of amides is 1. The number of carbonyl (C=O) groups excluding carboxylic acids is 1. The minimum absolute atomic E-state index is 0.0791. The Hall–Kier alpha value is -3.58. The predicted octanol–water partition coefficient (Wildman–Crippen LogP) is 4.71. The highest BCUT2D eigenvalue weighted by Gasteiger charge is 2.14. The molecule has 176 valence electrons. The molecule has 0 aliphatic heterocycles. The summed E-state index contributed by atoms with van der Waals surface area (Å²) in [5.41, 5.74) is 0.823. The quantitative estimate of drug-likeness (QED) is 0.390. The van der Waals surface area contributed by atoms with Gasteiger partial charge < -0.3 is 14.8 Å². The average molecular weight is 500 g/mol. The van der Waals surface area contributed by atoms with Crippen LogP contribution in [0.5, 0.6) is 17.2 Å². The highest BCUT2D eigenvalue weighted by molar-refractivity contribution is 7.89. The summed E-state index contributed by atoms with van der Waals surface area (Å²) in [6.07, 6.45) is 0.441. The minimum Gasteiger partial charge on any atom is -0.493 e. The van der Waals surface area contributed by atoms with Gasteiger partial charge in [0.1, 0.15) is 28.9 Å². The van der Waals surface area contributed by atoms with Crippen molar-refractivity contribution in [2.24, 2.45) is 0 Å². The first kappa shape index (κ1) is 25.1. The van der Waals surface area contributed by atoms with Gasteiger partial charge in [0, 0.05) is 25.2 Å². The summed E-state index contributed by atoms with van der Waals surface area (Å²) in [7, 11) is -3.72. The second kappa shape index (κ2) is 11.5. The molecule has 8 nitrogen and oxygen atoms in total. The molecule has 0 saturated carbocycles. The Labute approximate surface area is 203 Å². The van der Waals surface area contributed by atoms with Crippen molar-refractivity contribution in [1.29, 1.82) is 5.26 Å². The monoisotopic (exact) mass is 499 g/mol. The third-order valence-electron chi connectivity index (χ3n) is 4.49. The van der Waals surface area contributed by atoms with Gasteiger partial charge in [-0.3, -0.25) is 4.79 Å². The number of sulfonamides is 1. The second-order valence-corrected chi connectivity index (χ2v) is 9.28. The van der Waals surface area contributed by atoms with E-state index >= 15 is 0 Å². The first-order chi connectivity index (χ1) is 16.3. The minimum atomic E-state index is -3.72. The van der Waals surface area contributed by atoms with E-state index < -0.39 is 10.0 Å². The number of anilines is 1. The van der Waals surface area contributed by atoms with Crippen LogP contribution < -0.4 is 19.5 Å². The molecule has 1 amide bonds. The van der Waals surface area contributed by atoms with E-state index in [9.17, 15) is 18.5 Å². The molecule has 0 aromatic heterocycles. The van der Waals surface area contributed by atoms with Crippen LogP contribution in [0.25, 0.3) is 0 Å². The number of halogens is 1. The number of carbonyl (C=O) groups is 1. The fourth-order valence-corrected chi connectivity index (χ4v) is 4.21. The first-order valence-electron chi connectivity index (χ1n) is 10.2. The van der Waals surface area contributed by atoms with Crippen molar-refractivity contribution in [2.45, 2.75) is 18.2 Å². The van der Waals surface area contributed by atoms with E-state index in [-0.39, 0.29) is 33.7 Å². The molecule has 2 N–H and O–H groups in total. The molecule has 0 spiro atoms. The molecule has 0 unspecified atom stereocenters. The zero-order chi connectivity index (χ0) is 24.6. The van der Waals surface area contributed by atoms with Crippen LogP contribution >= 0.6 is 11.6 Å². The Kier molecular flexibility index (Phi) is 8.49. The van der Waals surface area contributed by atoms with E-state index in [4.69, 9.17) is 21.1 Å². The number of nitrogens with one attached hydrogen (secondary N) is 2. The normalized spacial score (nSPS) is 10.9. The van der Waals surface area contributed by atoms with Crippen molar-refractivity contribution in [3.8, 4) is 23.3 Å². The fourth-order valence-electron chi connectivity index (χ4n) is 2.93. The highest BCUT2D eigenvalue weighted by Crippen LogP contribution is 2.30. The Morgan fingerprint density at radius 2 is 1.79 bits per heavy atom. The topological polar surface area (TPSA) is 118 Å². The third-order valence-corrected chi connectivity index (χ3v) is 6.28. The zero-order valence-electron chi connectivity index (χ0n) is 18.2. The van der Waals surface area contributed by atoms with Crippen LogP contribution in [-0.2, 0) is 14.8 Å². The van der Waals surface area contributed by atoms with Crippen molar-refractivity contribution in [3.63, 3.8) is 0 Å². The Morgan fingerprint density at radius 1 is 1.06 bits per heavy atom. The molecule has 0 saturated heterocycles. The first-order valence-corrected chi connectivity index (χ1v) is 12.1. The van der Waals surface area contributed by atoms with Crippen LogP contribution in [-0.4, -0.2) is 27.5 Å². The molecule has 3 rings (SSSR count). The lowest BCUT2D eigenvalue weighted by atomic mass is 10.2. The standard InChI is InChI=1S/C24H22ClN3O5S/c1-17(29)28-18-5-2-6-20(15-18)32-14-4-13-27-34(30,31)21-11-9-19(10-12-21)33-24-8-3-7-23(25)22(24)16-26/h2-3,5-12,15,27H,4,13-14H2,1H3,(H,28,29). The molecular formula is C24H22ClN3O5S. The molecule has 0 heterocycles. The molecule has 0 radical (unpaired) electrons. The van der Waals surface area contributed by atoms with E-state index in [0.717, 1.165) is 0 Å². The molecular weight excluding hydrogens is 478 g/mol. The van der Waals surface area contributed by atoms with Gasteiger partial charge in [-0.25, -0.2) is 13.1 Å². The van der Waals surface area contributed by atoms with Gasteiger partial charge >= 0.3 is 0 Å². The van der Waals surface area contributed by atoms with Gasteiger partial charge in [0.2, 0.25) is 15.9 Å². The molecule has 0 atom stereocenters. The Balaban J connectivity index is 1.50. The third kappa shape index (κ3) is 6.96. The lowest BCUT2D eigenvalue weighted by Crippen LogP contribution is -2.25. The fraction of sp³-hybridized carbons (Fsp3) is 0.167. The lowest BCUT2D eigenvalue weighted by molar-refractivity contribution is -0.114. The van der Waals surface area contributed by atoms with Gasteiger partial charge in [0.05, 0.1) is 16.5 Å². The largest absolute Gasteiger partial charge is 0.493 e. The maximum Gasteiger partial charge on any atom is 0.240 e. The van der Waals surface area contributed by atoms with Gasteiger partial charge in [0.15, 0.2) is 0 Å². The van der Waals surface area contributed by atoms with Gasteiger partial charge in [0.25, 0.3) is 0 Å². The molecule has 34 heavy (non-hydrogen) atoms. The van der Waals surface area contributed by atoms with Gasteiger partial charge in [-0.15, -0.1) is 0 Å². The van der Waals surface area contributed by atoms with E-state index in [0.29, 0.717) is 30.2 Å². The smallest absolute Gasteiger partial charge is 0.240 e. The van der Waals surface area contributed by atoms with Gasteiger partial charge in [-0.05, 0) is 55.0 Å². The lowest BCUT2D eigenvalue weighted by Gasteiger charge is -2.11. The maximum absolute atomic E-state index is 12.5. The molecule has 3 aromatic rings. The van der Waals surface area contributed by atoms with Crippen LogP contribution in [0.4, 0.5) is 5.69 Å². The number of ether oxygens (including phenoxy) is 2. The summed E-state index contributed by atoms with van der Waals surface area (Å²) in [4.78, 5) is 11.2. The summed E-state index contributed by atoms with van der Waals surface area (Å²) >= 11 is 6.00. The summed E-state index contributed by atoms with van der Waals surface area (Å²) < 4.78 is 38.9. The van der Waals surface area contributed by atoms with Crippen molar-refractivity contribution in [2.75, 3.05) is 18.5 Å². The van der Waals surface area contributed by atoms with Crippen LogP contribution in [0, 0.1) is 11.3 Å². The second-order valence-electron chi connectivity index (χ2n) is 7.11. The van der Waals surface area contributed by atoms with Crippen LogP contribution in [0.3, 0.4) is 0 Å². The zero-order valence-corrected chi connectivity index (χ0v) is 19.8. The molecule has 0 fully saturated rings. The van der Waals surface area contributed by atoms with E-state index in [1.54, 1.807) is 42.5 Å². The number of benzene rings is 3. The molecule has 0 aliphatic rings. The summed E-state index contributed by atoms with van der Waals surface area (Å²) in [6, 6.07) is 19.6. The van der Waals surface area contributed by atoms with Crippen LogP contribution in [0.15, 0.2) is 71.6 Å². The van der Waals surface area contributed by atoms with Crippen LogP contribution in [0.2, 0.25) is 5.02 Å². The van der Waals surface area contributed by atoms with Crippen molar-refractivity contribution in [3.05, 3.63) is 77.3 Å². The van der Waals surface area contributed by atoms with E-state index in [1.165, 1.54) is 31.2 Å². The van der Waals surface area contributed by atoms with Crippen molar-refractivity contribution >= 4 is 33.2 Å². The molecule has 10 heteroatoms. The van der Waals surface area contributed by atoms with Gasteiger partial charge in [-0.2, -0.15) is 5.26 Å². The summed E-state index contributed by atoms with van der Waals surface area (Å²) in [5.74, 6) is 1.05. The van der Waals surface area contributed by atoms with Crippen LogP contribution in [0.1, 0.15) is 18.9 Å². The highest BCUT2D eigenvalue weighted by atomic mass is 35.5. The number of nitriles is 1. The Morgan fingerprint density at radius 3 is 2.50 bits per heavy atom. The maximum atomic E-state index is 12.5.